The molecule has 1 aromatic carbocycles. The van der Waals surface area contributed by atoms with Crippen molar-refractivity contribution in [2.24, 2.45) is 5.73 Å². The van der Waals surface area contributed by atoms with Crippen molar-refractivity contribution in [2.45, 2.75) is 13.3 Å². The third-order valence-corrected chi connectivity index (χ3v) is 2.58. The molecule has 0 aromatic heterocycles. The number of anilines is 1. The maximum Gasteiger partial charge on any atom is 0.192 e. The fourth-order valence-electron chi connectivity index (χ4n) is 1.94. The van der Waals surface area contributed by atoms with Gasteiger partial charge in [0.1, 0.15) is 5.75 Å². The van der Waals surface area contributed by atoms with Crippen molar-refractivity contribution in [1.82, 2.24) is 0 Å². The summed E-state index contributed by atoms with van der Waals surface area (Å²) in [6.07, 6.45) is 0.894. The van der Waals surface area contributed by atoms with Gasteiger partial charge in [0, 0.05) is 12.1 Å². The maximum atomic E-state index is 7.46. The third kappa shape index (κ3) is 1.63. The summed E-state index contributed by atoms with van der Waals surface area (Å²) in [7, 11) is 0. The van der Waals surface area contributed by atoms with Crippen LogP contribution in [0.3, 0.4) is 0 Å². The first-order chi connectivity index (χ1) is 7.24. The van der Waals surface area contributed by atoms with E-state index < -0.39 is 0 Å². The molecule has 0 bridgehead atoms. The van der Waals surface area contributed by atoms with Gasteiger partial charge in [-0.2, -0.15) is 0 Å². The molecule has 3 N–H and O–H groups in total. The molecule has 0 amide bonds. The van der Waals surface area contributed by atoms with E-state index in [4.69, 9.17) is 15.9 Å². The van der Waals surface area contributed by atoms with Gasteiger partial charge in [0.05, 0.1) is 12.3 Å². The maximum absolute atomic E-state index is 7.46. The van der Waals surface area contributed by atoms with Gasteiger partial charge in [-0.25, -0.2) is 0 Å². The van der Waals surface area contributed by atoms with Crippen molar-refractivity contribution in [3.05, 3.63) is 23.8 Å². The van der Waals surface area contributed by atoms with E-state index in [-0.39, 0.29) is 5.96 Å². The molecule has 0 saturated heterocycles. The number of nitrogens with one attached hydrogen (secondary N) is 1. The fourth-order valence-corrected chi connectivity index (χ4v) is 1.94. The Morgan fingerprint density at radius 3 is 3.07 bits per heavy atom. The Balaban J connectivity index is 2.38. The van der Waals surface area contributed by atoms with Crippen LogP contribution in [-0.4, -0.2) is 19.1 Å². The van der Waals surface area contributed by atoms with Crippen LogP contribution in [-0.2, 0) is 6.42 Å². The standard InChI is InChI=1S/C11H15N3O/c1-2-15-10-5-3-4-9-8(10)6-7-14(9)11(12)13/h3-5H,2,6-7H2,1H3,(H3,12,13). The summed E-state index contributed by atoms with van der Waals surface area (Å²) in [5, 5.41) is 7.46. The molecule has 0 aliphatic carbocycles. The number of hydrogen-bond acceptors (Lipinski definition) is 2. The van der Waals surface area contributed by atoms with E-state index in [2.05, 4.69) is 0 Å². The zero-order valence-electron chi connectivity index (χ0n) is 8.79. The van der Waals surface area contributed by atoms with Crippen molar-refractivity contribution < 1.29 is 4.74 Å². The van der Waals surface area contributed by atoms with E-state index in [1.807, 2.05) is 25.1 Å². The number of hydrogen-bond donors (Lipinski definition) is 2. The van der Waals surface area contributed by atoms with Gasteiger partial charge in [0.25, 0.3) is 0 Å². The summed E-state index contributed by atoms with van der Waals surface area (Å²) >= 11 is 0. The molecule has 0 radical (unpaired) electrons. The van der Waals surface area contributed by atoms with Crippen molar-refractivity contribution in [3.63, 3.8) is 0 Å². The van der Waals surface area contributed by atoms with Crippen LogP contribution in [0.25, 0.3) is 0 Å². The molecule has 0 spiro atoms. The number of nitrogens with two attached hydrogens (primary N) is 1. The molecule has 2 rings (SSSR count). The molecular weight excluding hydrogens is 190 g/mol. The second kappa shape index (κ2) is 3.81. The monoisotopic (exact) mass is 205 g/mol. The van der Waals surface area contributed by atoms with Crippen molar-refractivity contribution in [3.8, 4) is 5.75 Å². The smallest absolute Gasteiger partial charge is 0.192 e. The summed E-state index contributed by atoms with van der Waals surface area (Å²) in [6, 6.07) is 5.88. The molecule has 1 heterocycles. The molecule has 0 fully saturated rings. The highest BCUT2D eigenvalue weighted by Crippen LogP contribution is 2.34. The second-order valence-electron chi connectivity index (χ2n) is 3.47. The minimum absolute atomic E-state index is 0.0994. The van der Waals surface area contributed by atoms with E-state index in [1.165, 1.54) is 0 Å². The van der Waals surface area contributed by atoms with Gasteiger partial charge in [-0.1, -0.05) is 6.07 Å². The van der Waals surface area contributed by atoms with E-state index in [1.54, 1.807) is 4.90 Å². The van der Waals surface area contributed by atoms with Crippen LogP contribution < -0.4 is 15.4 Å². The molecular formula is C11H15N3O. The lowest BCUT2D eigenvalue weighted by Crippen LogP contribution is -2.34. The SMILES string of the molecule is CCOc1cccc2c1CCN2C(=N)N. The largest absolute Gasteiger partial charge is 0.494 e. The predicted octanol–water partition coefficient (Wildman–Crippen LogP) is 1.34. The van der Waals surface area contributed by atoms with Gasteiger partial charge < -0.3 is 15.4 Å². The summed E-state index contributed by atoms with van der Waals surface area (Å²) < 4.78 is 5.54. The van der Waals surface area contributed by atoms with Crippen molar-refractivity contribution in [1.29, 1.82) is 5.41 Å². The first-order valence-corrected chi connectivity index (χ1v) is 5.10. The van der Waals surface area contributed by atoms with Gasteiger partial charge in [-0.15, -0.1) is 0 Å². The van der Waals surface area contributed by atoms with Crippen LogP contribution in [0.4, 0.5) is 5.69 Å². The number of benzene rings is 1. The van der Waals surface area contributed by atoms with Crippen LogP contribution in [0.15, 0.2) is 18.2 Å². The summed E-state index contributed by atoms with van der Waals surface area (Å²) in [4.78, 5) is 1.80. The molecule has 1 aliphatic rings. The van der Waals surface area contributed by atoms with Gasteiger partial charge in [0.15, 0.2) is 5.96 Å². The average Bonchev–Trinajstić information content (AvgIpc) is 2.62. The van der Waals surface area contributed by atoms with Crippen LogP contribution in [0.5, 0.6) is 5.75 Å². The third-order valence-electron chi connectivity index (χ3n) is 2.58. The van der Waals surface area contributed by atoms with Crippen LogP contribution in [0, 0.1) is 5.41 Å². The number of guanidine groups is 1. The summed E-state index contributed by atoms with van der Waals surface area (Å²) in [5.74, 6) is 1.01. The quantitative estimate of drug-likeness (QED) is 0.565. The lowest BCUT2D eigenvalue weighted by Gasteiger charge is -2.16. The van der Waals surface area contributed by atoms with E-state index in [0.29, 0.717) is 6.61 Å². The molecule has 4 nitrogen and oxygen atoms in total. The topological polar surface area (TPSA) is 62.3 Å². The number of nitrogens with zero attached hydrogens (tertiary/aromatic N) is 1. The molecule has 15 heavy (non-hydrogen) atoms. The highest BCUT2D eigenvalue weighted by molar-refractivity contribution is 5.95. The first kappa shape index (κ1) is 9.83. The van der Waals surface area contributed by atoms with Crippen LogP contribution >= 0.6 is 0 Å². The van der Waals surface area contributed by atoms with Crippen molar-refractivity contribution >= 4 is 11.6 Å². The number of fused-ring (bicyclic) bond motifs is 1. The summed E-state index contributed by atoms with van der Waals surface area (Å²) in [6.45, 7) is 3.41. The van der Waals surface area contributed by atoms with Gasteiger partial charge in [-0.3, -0.25) is 5.41 Å². The molecule has 1 aromatic rings. The Morgan fingerprint density at radius 1 is 1.60 bits per heavy atom. The first-order valence-electron chi connectivity index (χ1n) is 5.10. The fraction of sp³-hybridized carbons (Fsp3) is 0.364. The molecule has 1 aliphatic heterocycles. The number of ether oxygens (including phenoxy) is 1. The van der Waals surface area contributed by atoms with Gasteiger partial charge in [0.2, 0.25) is 0 Å². The molecule has 0 saturated carbocycles. The Bertz CT molecular complexity index is 389. The molecule has 4 heteroatoms. The Labute approximate surface area is 89.1 Å². The zero-order valence-corrected chi connectivity index (χ0v) is 8.79. The normalized spacial score (nSPS) is 13.8. The van der Waals surface area contributed by atoms with E-state index >= 15 is 0 Å². The van der Waals surface area contributed by atoms with E-state index in [9.17, 15) is 0 Å². The Morgan fingerprint density at radius 2 is 2.40 bits per heavy atom. The molecule has 80 valence electrons. The Kier molecular flexibility index (Phi) is 2.49. The zero-order chi connectivity index (χ0) is 10.8. The lowest BCUT2D eigenvalue weighted by molar-refractivity contribution is 0.337. The minimum atomic E-state index is 0.0994. The number of rotatable bonds is 2. The second-order valence-corrected chi connectivity index (χ2v) is 3.47. The predicted molar refractivity (Wildman–Crippen MR) is 60.6 cm³/mol. The van der Waals surface area contributed by atoms with Crippen LogP contribution in [0.1, 0.15) is 12.5 Å². The van der Waals surface area contributed by atoms with Gasteiger partial charge >= 0.3 is 0 Å². The Hall–Kier alpha value is -1.71. The highest BCUT2D eigenvalue weighted by atomic mass is 16.5. The van der Waals surface area contributed by atoms with E-state index in [0.717, 1.165) is 30.0 Å². The van der Waals surface area contributed by atoms with Crippen LogP contribution in [0.2, 0.25) is 0 Å². The highest BCUT2D eigenvalue weighted by Gasteiger charge is 2.23. The van der Waals surface area contributed by atoms with Crippen molar-refractivity contribution in [2.75, 3.05) is 18.1 Å². The molecule has 0 unspecified atom stereocenters. The summed E-state index contributed by atoms with van der Waals surface area (Å²) in [5.41, 5.74) is 7.67. The minimum Gasteiger partial charge on any atom is -0.494 e. The average molecular weight is 205 g/mol. The molecule has 0 atom stereocenters. The van der Waals surface area contributed by atoms with Gasteiger partial charge in [-0.05, 0) is 25.5 Å². The lowest BCUT2D eigenvalue weighted by atomic mass is 10.1.